The van der Waals surface area contributed by atoms with Crippen LogP contribution in [0.1, 0.15) is 6.42 Å². The molecule has 0 spiro atoms. The smallest absolute Gasteiger partial charge is 0.240 e. The van der Waals surface area contributed by atoms with Gasteiger partial charge in [0.1, 0.15) is 5.52 Å². The number of carbonyl (C=O) groups excluding carboxylic acids is 1. The minimum Gasteiger partial charge on any atom is -0.493 e. The van der Waals surface area contributed by atoms with Crippen LogP contribution >= 0.6 is 0 Å². The molecule has 8 nitrogen and oxygen atoms in total. The van der Waals surface area contributed by atoms with Gasteiger partial charge < -0.3 is 24.1 Å². The summed E-state index contributed by atoms with van der Waals surface area (Å²) in [4.78, 5) is 20.6. The molecular weight excluding hydrogens is 360 g/mol. The summed E-state index contributed by atoms with van der Waals surface area (Å²) in [6.45, 7) is 1.05. The van der Waals surface area contributed by atoms with Crippen LogP contribution in [-0.4, -0.2) is 47.8 Å². The standard InChI is InChI=1S/C20H22N4O4/c1-24-11-22-15-8-14(13-4-5-16(26-2)17(7-13)27-3)23-20(19(15)24)28-10-12-6-18(25)21-9-12/h4-5,7-8,11-12H,6,9-10H2,1-3H3,(H,21,25). The summed E-state index contributed by atoms with van der Waals surface area (Å²) >= 11 is 0. The van der Waals surface area contributed by atoms with Crippen LogP contribution in [0, 0.1) is 5.92 Å². The van der Waals surface area contributed by atoms with Crippen molar-refractivity contribution in [1.29, 1.82) is 0 Å². The highest BCUT2D eigenvalue weighted by Crippen LogP contribution is 2.34. The average Bonchev–Trinajstić information content (AvgIpc) is 3.31. The second-order valence-corrected chi connectivity index (χ2v) is 6.79. The highest BCUT2D eigenvalue weighted by molar-refractivity contribution is 5.85. The molecule has 3 heterocycles. The first-order valence-electron chi connectivity index (χ1n) is 9.03. The van der Waals surface area contributed by atoms with Crippen LogP contribution in [0.3, 0.4) is 0 Å². The fraction of sp³-hybridized carbons (Fsp3) is 0.350. The Hall–Kier alpha value is -3.29. The Bertz CT molecular complexity index is 1030. The molecule has 1 fully saturated rings. The summed E-state index contributed by atoms with van der Waals surface area (Å²) in [7, 11) is 5.10. The summed E-state index contributed by atoms with van der Waals surface area (Å²) in [5, 5.41) is 2.83. The van der Waals surface area contributed by atoms with Crippen LogP contribution in [0.15, 0.2) is 30.6 Å². The molecule has 0 saturated carbocycles. The van der Waals surface area contributed by atoms with E-state index in [4.69, 9.17) is 19.2 Å². The van der Waals surface area contributed by atoms with E-state index in [1.807, 2.05) is 35.9 Å². The van der Waals surface area contributed by atoms with Gasteiger partial charge in [-0.1, -0.05) is 0 Å². The molecule has 1 atom stereocenters. The molecule has 1 amide bonds. The van der Waals surface area contributed by atoms with E-state index < -0.39 is 0 Å². The fourth-order valence-electron chi connectivity index (χ4n) is 3.36. The topological polar surface area (TPSA) is 87.5 Å². The summed E-state index contributed by atoms with van der Waals surface area (Å²) < 4.78 is 18.6. The highest BCUT2D eigenvalue weighted by Gasteiger charge is 2.23. The zero-order chi connectivity index (χ0) is 19.7. The fourth-order valence-corrected chi connectivity index (χ4v) is 3.36. The molecule has 4 rings (SSSR count). The van der Waals surface area contributed by atoms with Gasteiger partial charge in [0, 0.05) is 31.5 Å². The number of rotatable bonds is 6. The average molecular weight is 382 g/mol. The Kier molecular flexibility index (Phi) is 4.77. The zero-order valence-electron chi connectivity index (χ0n) is 16.1. The minimum absolute atomic E-state index is 0.0614. The predicted octanol–water partition coefficient (Wildman–Crippen LogP) is 2.17. The van der Waals surface area contributed by atoms with Gasteiger partial charge in [0.2, 0.25) is 11.8 Å². The van der Waals surface area contributed by atoms with E-state index in [0.29, 0.717) is 37.0 Å². The maximum atomic E-state index is 11.4. The molecule has 2 aromatic heterocycles. The molecular formula is C20H22N4O4. The molecule has 0 aliphatic carbocycles. The minimum atomic E-state index is 0.0614. The van der Waals surface area contributed by atoms with Gasteiger partial charge in [-0.25, -0.2) is 9.97 Å². The van der Waals surface area contributed by atoms with E-state index in [-0.39, 0.29) is 11.8 Å². The lowest BCUT2D eigenvalue weighted by atomic mass is 10.1. The highest BCUT2D eigenvalue weighted by atomic mass is 16.5. The number of ether oxygens (including phenoxy) is 3. The number of fused-ring (bicyclic) bond motifs is 1. The van der Waals surface area contributed by atoms with Crippen molar-refractivity contribution in [2.75, 3.05) is 27.4 Å². The van der Waals surface area contributed by atoms with Crippen LogP contribution in [-0.2, 0) is 11.8 Å². The van der Waals surface area contributed by atoms with E-state index in [0.717, 1.165) is 22.3 Å². The van der Waals surface area contributed by atoms with Crippen LogP contribution < -0.4 is 19.5 Å². The van der Waals surface area contributed by atoms with Crippen molar-refractivity contribution in [3.05, 3.63) is 30.6 Å². The Balaban J connectivity index is 1.71. The van der Waals surface area contributed by atoms with E-state index in [9.17, 15) is 4.79 Å². The third-order valence-corrected chi connectivity index (χ3v) is 4.86. The molecule has 28 heavy (non-hydrogen) atoms. The first-order chi connectivity index (χ1) is 13.6. The van der Waals surface area contributed by atoms with Gasteiger partial charge in [-0.15, -0.1) is 0 Å². The van der Waals surface area contributed by atoms with Crippen molar-refractivity contribution < 1.29 is 19.0 Å². The molecule has 1 saturated heterocycles. The molecule has 1 aromatic carbocycles. The second kappa shape index (κ2) is 7.38. The normalized spacial score (nSPS) is 16.2. The summed E-state index contributed by atoms with van der Waals surface area (Å²) in [5.74, 6) is 1.98. The molecule has 8 heteroatoms. The van der Waals surface area contributed by atoms with Crippen LogP contribution in [0.4, 0.5) is 0 Å². The number of hydrogen-bond acceptors (Lipinski definition) is 6. The second-order valence-electron chi connectivity index (χ2n) is 6.79. The predicted molar refractivity (Wildman–Crippen MR) is 104 cm³/mol. The molecule has 1 N–H and O–H groups in total. The number of hydrogen-bond donors (Lipinski definition) is 1. The molecule has 0 radical (unpaired) electrons. The lowest BCUT2D eigenvalue weighted by Gasteiger charge is -2.13. The number of pyridine rings is 1. The first kappa shape index (κ1) is 18.1. The van der Waals surface area contributed by atoms with Crippen LogP contribution in [0.2, 0.25) is 0 Å². The van der Waals surface area contributed by atoms with Crippen LogP contribution in [0.5, 0.6) is 17.4 Å². The Morgan fingerprint density at radius 3 is 2.75 bits per heavy atom. The summed E-state index contributed by atoms with van der Waals surface area (Å²) in [6.07, 6.45) is 2.21. The Morgan fingerprint density at radius 1 is 1.21 bits per heavy atom. The molecule has 0 bridgehead atoms. The Labute approximate surface area is 162 Å². The van der Waals surface area contributed by atoms with E-state index >= 15 is 0 Å². The van der Waals surface area contributed by atoms with Crippen molar-refractivity contribution in [2.45, 2.75) is 6.42 Å². The van der Waals surface area contributed by atoms with Gasteiger partial charge in [0.15, 0.2) is 11.5 Å². The van der Waals surface area contributed by atoms with Crippen molar-refractivity contribution >= 4 is 16.9 Å². The zero-order valence-corrected chi connectivity index (χ0v) is 16.1. The van der Waals surface area contributed by atoms with Gasteiger partial charge in [-0.2, -0.15) is 0 Å². The number of nitrogens with one attached hydrogen (secondary N) is 1. The number of benzene rings is 1. The lowest BCUT2D eigenvalue weighted by Crippen LogP contribution is -2.17. The van der Waals surface area contributed by atoms with Crippen molar-refractivity contribution in [3.8, 4) is 28.6 Å². The molecule has 1 unspecified atom stereocenters. The van der Waals surface area contributed by atoms with Crippen molar-refractivity contribution in [3.63, 3.8) is 0 Å². The number of carbonyl (C=O) groups is 1. The van der Waals surface area contributed by atoms with E-state index in [1.165, 1.54) is 0 Å². The maximum Gasteiger partial charge on any atom is 0.240 e. The number of aryl methyl sites for hydroxylation is 1. The van der Waals surface area contributed by atoms with Crippen molar-refractivity contribution in [2.24, 2.45) is 13.0 Å². The molecule has 1 aliphatic rings. The maximum absolute atomic E-state index is 11.4. The SMILES string of the molecule is COc1ccc(-c2cc3ncn(C)c3c(OCC3CNC(=O)C3)n2)cc1OC. The van der Waals surface area contributed by atoms with Crippen LogP contribution in [0.25, 0.3) is 22.3 Å². The lowest BCUT2D eigenvalue weighted by molar-refractivity contribution is -0.119. The number of aromatic nitrogens is 3. The largest absolute Gasteiger partial charge is 0.493 e. The van der Waals surface area contributed by atoms with E-state index in [2.05, 4.69) is 10.3 Å². The number of amides is 1. The van der Waals surface area contributed by atoms with Gasteiger partial charge in [0.25, 0.3) is 0 Å². The van der Waals surface area contributed by atoms with Gasteiger partial charge in [0.05, 0.1) is 38.4 Å². The van der Waals surface area contributed by atoms with Gasteiger partial charge >= 0.3 is 0 Å². The number of methoxy groups -OCH3 is 2. The van der Waals surface area contributed by atoms with Gasteiger partial charge in [-0.05, 0) is 24.3 Å². The third kappa shape index (κ3) is 3.33. The Morgan fingerprint density at radius 2 is 2.04 bits per heavy atom. The molecule has 146 valence electrons. The quantitative estimate of drug-likeness (QED) is 0.703. The number of imidazole rings is 1. The summed E-state index contributed by atoms with van der Waals surface area (Å²) in [6, 6.07) is 7.56. The monoisotopic (exact) mass is 382 g/mol. The first-order valence-corrected chi connectivity index (χ1v) is 9.03. The third-order valence-electron chi connectivity index (χ3n) is 4.86. The van der Waals surface area contributed by atoms with Gasteiger partial charge in [-0.3, -0.25) is 4.79 Å². The van der Waals surface area contributed by atoms with E-state index in [1.54, 1.807) is 20.5 Å². The molecule has 1 aliphatic heterocycles. The summed E-state index contributed by atoms with van der Waals surface area (Å²) in [5.41, 5.74) is 3.20. The van der Waals surface area contributed by atoms with Crippen molar-refractivity contribution in [1.82, 2.24) is 19.9 Å². The molecule has 3 aromatic rings. The number of nitrogens with zero attached hydrogens (tertiary/aromatic N) is 3.